The number of carbonyl (C=O) groups excluding carboxylic acids is 1. The van der Waals surface area contributed by atoms with Crippen molar-refractivity contribution in [2.75, 3.05) is 19.6 Å². The van der Waals surface area contributed by atoms with Crippen LogP contribution in [0.3, 0.4) is 0 Å². The van der Waals surface area contributed by atoms with Crippen LogP contribution in [0.4, 0.5) is 0 Å². The van der Waals surface area contributed by atoms with Crippen LogP contribution >= 0.6 is 7.92 Å². The van der Waals surface area contributed by atoms with Crippen LogP contribution in [-0.4, -0.2) is 41.6 Å². The number of carbonyl (C=O) groups is 1. The second-order valence-electron chi connectivity index (χ2n) is 7.93. The van der Waals surface area contributed by atoms with Crippen molar-refractivity contribution in [1.29, 1.82) is 0 Å². The van der Waals surface area contributed by atoms with Gasteiger partial charge >= 0.3 is 19.5 Å². The van der Waals surface area contributed by atoms with Gasteiger partial charge < -0.3 is 10.1 Å². The van der Waals surface area contributed by atoms with Gasteiger partial charge in [-0.05, 0) is 41.4 Å². The van der Waals surface area contributed by atoms with Gasteiger partial charge in [0.2, 0.25) is 0 Å². The monoisotopic (exact) mass is 454 g/mol. The molecular weight excluding hydrogens is 416 g/mol. The third kappa shape index (κ3) is 9.83. The summed E-state index contributed by atoms with van der Waals surface area (Å²) in [7, 11) is -0.229. The molecule has 0 saturated heterocycles. The molecule has 1 heterocycles. The molecule has 0 aromatic carbocycles. The van der Waals surface area contributed by atoms with E-state index in [-0.39, 0.29) is 27.4 Å². The van der Waals surface area contributed by atoms with Gasteiger partial charge in [0.05, 0.1) is 0 Å². The van der Waals surface area contributed by atoms with Crippen LogP contribution in [0.2, 0.25) is 0 Å². The zero-order valence-electron chi connectivity index (χ0n) is 17.3. The first-order valence-electron chi connectivity index (χ1n) is 8.74. The molecular formula is C20H37N2OPRu+. The number of nitrogens with zero attached hydrogens (tertiary/aromatic N) is 1. The second-order valence-corrected chi connectivity index (χ2v) is 11.6. The van der Waals surface area contributed by atoms with Crippen molar-refractivity contribution >= 4 is 14.7 Å². The Balaban J connectivity index is 0. The van der Waals surface area contributed by atoms with E-state index in [1.165, 1.54) is 11.4 Å². The van der Waals surface area contributed by atoms with Crippen molar-refractivity contribution < 1.29 is 24.3 Å². The number of allylic oxidation sites excluding steroid dienone is 3. The minimum atomic E-state index is -0.229. The largest absolute Gasteiger partial charge is 1.00 e. The minimum Gasteiger partial charge on any atom is -0.358 e. The standard InChI is InChI=1S/C19H35N2P.CH2O.Ru/c1-9-21(10-2)14-16-12-11-13-17(20-16)15-22(18(3,4)5)19(6,7)8;1-2;/h11-13,15,20H,9-10,14H2,1-8H3;1H2;/q;;+1/b17-15-;;. The van der Waals surface area contributed by atoms with E-state index < -0.39 is 0 Å². The number of hydrogen-bond donors (Lipinski definition) is 1. The summed E-state index contributed by atoms with van der Waals surface area (Å²) in [4.78, 5) is 10.4. The molecule has 1 radical (unpaired) electrons. The van der Waals surface area contributed by atoms with Gasteiger partial charge in [-0.25, -0.2) is 0 Å². The van der Waals surface area contributed by atoms with Crippen LogP contribution in [0.1, 0.15) is 55.4 Å². The Kier molecular flexibility index (Phi) is 13.1. The van der Waals surface area contributed by atoms with E-state index in [1.807, 2.05) is 6.79 Å². The first kappa shape index (κ1) is 26.9. The maximum Gasteiger partial charge on any atom is 1.00 e. The Hall–Kier alpha value is -0.297. The summed E-state index contributed by atoms with van der Waals surface area (Å²) in [6, 6.07) is 0. The van der Waals surface area contributed by atoms with E-state index in [9.17, 15) is 0 Å². The Morgan fingerprint density at radius 3 is 1.96 bits per heavy atom. The van der Waals surface area contributed by atoms with Crippen LogP contribution in [0.25, 0.3) is 0 Å². The average molecular weight is 454 g/mol. The van der Waals surface area contributed by atoms with Gasteiger partial charge in [0.25, 0.3) is 0 Å². The zero-order valence-corrected chi connectivity index (χ0v) is 19.9. The van der Waals surface area contributed by atoms with Crippen LogP contribution in [0, 0.1) is 0 Å². The number of rotatable bonds is 5. The number of dihydropyridines is 1. The van der Waals surface area contributed by atoms with Crippen LogP contribution in [-0.2, 0) is 24.3 Å². The number of hydrogen-bond acceptors (Lipinski definition) is 3. The van der Waals surface area contributed by atoms with Crippen molar-refractivity contribution in [1.82, 2.24) is 10.2 Å². The molecule has 145 valence electrons. The predicted octanol–water partition coefficient (Wildman–Crippen LogP) is 5.10. The Bertz CT molecular complexity index is 455. The maximum atomic E-state index is 8.00. The Morgan fingerprint density at radius 2 is 1.56 bits per heavy atom. The third-order valence-corrected chi connectivity index (χ3v) is 7.31. The fraction of sp³-hybridized carbons (Fsp3) is 0.650. The third-order valence-electron chi connectivity index (χ3n) is 3.88. The van der Waals surface area contributed by atoms with Gasteiger partial charge in [-0.15, -0.1) is 0 Å². The molecule has 1 aliphatic rings. The Morgan fingerprint density at radius 1 is 1.08 bits per heavy atom. The molecule has 3 nitrogen and oxygen atoms in total. The summed E-state index contributed by atoms with van der Waals surface area (Å²) in [5.41, 5.74) is 2.57. The molecule has 1 rings (SSSR count). The molecule has 0 saturated carbocycles. The molecule has 0 bridgehead atoms. The van der Waals surface area contributed by atoms with E-state index >= 15 is 0 Å². The fourth-order valence-corrected chi connectivity index (χ4v) is 6.14. The summed E-state index contributed by atoms with van der Waals surface area (Å²) in [6.45, 7) is 23.8. The van der Waals surface area contributed by atoms with E-state index in [1.54, 1.807) is 0 Å². The first-order valence-corrected chi connectivity index (χ1v) is 10.2. The summed E-state index contributed by atoms with van der Waals surface area (Å²) < 4.78 is 0. The molecule has 0 amide bonds. The smallest absolute Gasteiger partial charge is 0.358 e. The number of likely N-dealkylation sites (N-methyl/N-ethyl adjacent to an activating group) is 1. The van der Waals surface area contributed by atoms with Gasteiger partial charge in [0.1, 0.15) is 6.79 Å². The van der Waals surface area contributed by atoms with E-state index in [2.05, 4.69) is 89.7 Å². The van der Waals surface area contributed by atoms with Crippen molar-refractivity contribution in [3.8, 4) is 0 Å². The van der Waals surface area contributed by atoms with Crippen molar-refractivity contribution in [3.63, 3.8) is 0 Å². The topological polar surface area (TPSA) is 32.3 Å². The molecule has 0 unspecified atom stereocenters. The predicted molar refractivity (Wildman–Crippen MR) is 110 cm³/mol. The first-order chi connectivity index (χ1) is 11.1. The summed E-state index contributed by atoms with van der Waals surface area (Å²) >= 11 is 0. The Labute approximate surface area is 169 Å². The van der Waals surface area contributed by atoms with Gasteiger partial charge in [0, 0.05) is 17.9 Å². The molecule has 0 aromatic heterocycles. The molecule has 0 fully saturated rings. The van der Waals surface area contributed by atoms with Gasteiger partial charge in [0.15, 0.2) is 0 Å². The van der Waals surface area contributed by atoms with E-state index in [4.69, 9.17) is 4.79 Å². The number of nitrogens with one attached hydrogen (secondary N) is 1. The maximum absolute atomic E-state index is 8.00. The second kappa shape index (κ2) is 12.2. The van der Waals surface area contributed by atoms with Crippen molar-refractivity contribution in [2.45, 2.75) is 65.7 Å². The molecule has 1 aliphatic heterocycles. The van der Waals surface area contributed by atoms with Gasteiger partial charge in [-0.1, -0.05) is 69.4 Å². The van der Waals surface area contributed by atoms with E-state index in [0.717, 1.165) is 19.6 Å². The molecule has 0 spiro atoms. The van der Waals surface area contributed by atoms with Crippen LogP contribution in [0.15, 0.2) is 35.4 Å². The van der Waals surface area contributed by atoms with E-state index in [0.29, 0.717) is 10.3 Å². The quantitative estimate of drug-likeness (QED) is 0.464. The molecule has 0 aliphatic carbocycles. The summed E-state index contributed by atoms with van der Waals surface area (Å²) in [6.07, 6.45) is 6.59. The minimum absolute atomic E-state index is 0. The molecule has 1 N–H and O–H groups in total. The molecule has 0 aromatic rings. The van der Waals surface area contributed by atoms with Gasteiger partial charge in [-0.3, -0.25) is 4.90 Å². The summed E-state index contributed by atoms with van der Waals surface area (Å²) in [5, 5.41) is 4.27. The molecule has 5 heteroatoms. The van der Waals surface area contributed by atoms with Gasteiger partial charge in [-0.2, -0.15) is 0 Å². The fourth-order valence-electron chi connectivity index (χ4n) is 2.92. The van der Waals surface area contributed by atoms with Crippen LogP contribution < -0.4 is 5.32 Å². The molecule has 25 heavy (non-hydrogen) atoms. The average Bonchev–Trinajstić information content (AvgIpc) is 2.50. The zero-order chi connectivity index (χ0) is 19.0. The molecule has 0 atom stereocenters. The SMILES string of the molecule is C=O.CCN(CC)CC1=CC=C/C(=C/P(C(C)(C)C)C(C)(C)C)N1.[Ru+]. The van der Waals surface area contributed by atoms with Crippen LogP contribution in [0.5, 0.6) is 0 Å². The van der Waals surface area contributed by atoms with Crippen molar-refractivity contribution in [2.24, 2.45) is 0 Å². The normalized spacial score (nSPS) is 16.1. The van der Waals surface area contributed by atoms with Crippen molar-refractivity contribution in [3.05, 3.63) is 35.4 Å². The summed E-state index contributed by atoms with van der Waals surface area (Å²) in [5.74, 6) is 2.49.